The Hall–Kier alpha value is -4.18. The molecule has 3 aromatic rings. The number of benzene rings is 3. The molecule has 0 saturated carbocycles. The fraction of sp³-hybridized carbons (Fsp3) is 0.276. The molecule has 2 amide bonds. The normalized spacial score (nSPS) is 15.8. The average Bonchev–Trinajstić information content (AvgIpc) is 3.22. The molecule has 0 bridgehead atoms. The predicted octanol–water partition coefficient (Wildman–Crippen LogP) is 5.27. The summed E-state index contributed by atoms with van der Waals surface area (Å²) in [5, 5.41) is 2.75. The minimum absolute atomic E-state index is 0.00751. The maximum absolute atomic E-state index is 13.6. The summed E-state index contributed by atoms with van der Waals surface area (Å²) in [7, 11) is 4.73. The number of carbonyl (C=O) groups is 2. The first-order chi connectivity index (χ1) is 18.9. The molecule has 1 saturated heterocycles. The molecule has 0 aromatic heterocycles. The number of nitrogens with zero attached hydrogens (tertiary/aromatic N) is 2. The molecule has 204 valence electrons. The van der Waals surface area contributed by atoms with Crippen molar-refractivity contribution in [3.63, 3.8) is 0 Å². The first-order valence-electron chi connectivity index (χ1n) is 12.4. The van der Waals surface area contributed by atoms with E-state index in [1.165, 1.54) is 11.8 Å². The first-order valence-corrected chi connectivity index (χ1v) is 13.3. The van der Waals surface area contributed by atoms with Gasteiger partial charge >= 0.3 is 0 Å². The molecular formula is C29H31N3O6S. The summed E-state index contributed by atoms with van der Waals surface area (Å²) in [6.07, 6.45) is -0.00751. The van der Waals surface area contributed by atoms with E-state index in [0.717, 1.165) is 5.56 Å². The largest absolute Gasteiger partial charge is 0.497 e. The van der Waals surface area contributed by atoms with Crippen molar-refractivity contribution in [3.05, 3.63) is 72.3 Å². The Kier molecular flexibility index (Phi) is 9.32. The summed E-state index contributed by atoms with van der Waals surface area (Å²) in [6, 6.07) is 19.9. The third kappa shape index (κ3) is 7.02. The lowest BCUT2D eigenvalue weighted by Crippen LogP contribution is -2.33. The Labute approximate surface area is 232 Å². The maximum Gasteiger partial charge on any atom is 0.242 e. The van der Waals surface area contributed by atoms with Crippen LogP contribution in [0.2, 0.25) is 0 Å². The second-order valence-electron chi connectivity index (χ2n) is 8.53. The molecule has 3 aromatic carbocycles. The van der Waals surface area contributed by atoms with Crippen molar-refractivity contribution in [2.45, 2.75) is 25.1 Å². The predicted molar refractivity (Wildman–Crippen MR) is 152 cm³/mol. The highest BCUT2D eigenvalue weighted by molar-refractivity contribution is 8.15. The van der Waals surface area contributed by atoms with Gasteiger partial charge in [0, 0.05) is 18.2 Å². The Bertz CT molecular complexity index is 1350. The molecule has 0 spiro atoms. The molecule has 9 nitrogen and oxygen atoms in total. The summed E-state index contributed by atoms with van der Waals surface area (Å²) in [5.41, 5.74) is 2.11. The van der Waals surface area contributed by atoms with Gasteiger partial charge in [-0.15, -0.1) is 0 Å². The van der Waals surface area contributed by atoms with E-state index in [9.17, 15) is 9.59 Å². The molecule has 1 unspecified atom stereocenters. The number of amides is 2. The van der Waals surface area contributed by atoms with Gasteiger partial charge in [-0.1, -0.05) is 23.9 Å². The van der Waals surface area contributed by atoms with Crippen LogP contribution in [0.3, 0.4) is 0 Å². The molecule has 39 heavy (non-hydrogen) atoms. The third-order valence-corrected chi connectivity index (χ3v) is 7.08. The highest BCUT2D eigenvalue weighted by Gasteiger charge is 2.39. The Morgan fingerprint density at radius 2 is 1.72 bits per heavy atom. The Morgan fingerprint density at radius 1 is 0.949 bits per heavy atom. The second kappa shape index (κ2) is 13.1. The fourth-order valence-electron chi connectivity index (χ4n) is 4.01. The number of ether oxygens (including phenoxy) is 4. The lowest BCUT2D eigenvalue weighted by molar-refractivity contribution is -0.128. The number of aliphatic imine (C=N–C) groups is 1. The summed E-state index contributed by atoms with van der Waals surface area (Å²) in [5.74, 6) is 2.06. The van der Waals surface area contributed by atoms with Gasteiger partial charge < -0.3 is 24.3 Å². The number of rotatable bonds is 11. The van der Waals surface area contributed by atoms with E-state index >= 15 is 0 Å². The standard InChI is InChI=1S/C29H31N3O6S/c1-5-38-23-8-6-7-21(16-23)30-27(33)17-26-28(34)32(18-19-9-14-24(36-3)25(15-19)37-4)29(39-26)31-20-10-12-22(35-2)13-11-20/h6-16,26H,5,17-18H2,1-4H3,(H,30,33). The van der Waals surface area contributed by atoms with Crippen LogP contribution in [-0.4, -0.2) is 55.1 Å². The molecular weight excluding hydrogens is 518 g/mol. The second-order valence-corrected chi connectivity index (χ2v) is 9.70. The van der Waals surface area contributed by atoms with Crippen LogP contribution in [0, 0.1) is 0 Å². The van der Waals surface area contributed by atoms with E-state index in [-0.39, 0.29) is 24.8 Å². The zero-order valence-corrected chi connectivity index (χ0v) is 23.1. The van der Waals surface area contributed by atoms with E-state index in [1.54, 1.807) is 62.6 Å². The quantitative estimate of drug-likeness (QED) is 0.348. The van der Waals surface area contributed by atoms with Gasteiger partial charge in [-0.25, -0.2) is 4.99 Å². The van der Waals surface area contributed by atoms with Crippen LogP contribution in [0.15, 0.2) is 71.7 Å². The topological polar surface area (TPSA) is 98.7 Å². The van der Waals surface area contributed by atoms with Crippen molar-refractivity contribution in [3.8, 4) is 23.0 Å². The van der Waals surface area contributed by atoms with Gasteiger partial charge in [0.15, 0.2) is 16.7 Å². The van der Waals surface area contributed by atoms with Crippen LogP contribution in [0.25, 0.3) is 0 Å². The first kappa shape index (κ1) is 27.8. The van der Waals surface area contributed by atoms with Crippen LogP contribution in [0.1, 0.15) is 18.9 Å². The zero-order valence-electron chi connectivity index (χ0n) is 22.3. The number of carbonyl (C=O) groups excluding carboxylic acids is 2. The minimum Gasteiger partial charge on any atom is -0.497 e. The molecule has 1 N–H and O–H groups in total. The number of amidine groups is 1. The molecule has 0 aliphatic carbocycles. The van der Waals surface area contributed by atoms with E-state index < -0.39 is 5.25 Å². The van der Waals surface area contributed by atoms with Crippen LogP contribution >= 0.6 is 11.8 Å². The monoisotopic (exact) mass is 549 g/mol. The number of anilines is 1. The molecule has 1 atom stereocenters. The van der Waals surface area contributed by atoms with Crippen LogP contribution in [-0.2, 0) is 16.1 Å². The Balaban J connectivity index is 1.55. The molecule has 1 fully saturated rings. The van der Waals surface area contributed by atoms with Crippen molar-refractivity contribution in [2.75, 3.05) is 33.3 Å². The molecule has 0 radical (unpaired) electrons. The number of methoxy groups -OCH3 is 3. The SMILES string of the molecule is CCOc1cccc(NC(=O)CC2SC(=Nc3ccc(OC)cc3)N(Cc3ccc(OC)c(OC)c3)C2=O)c1. The number of hydrogen-bond donors (Lipinski definition) is 1. The number of nitrogens with one attached hydrogen (secondary N) is 1. The van der Waals surface area contributed by atoms with Gasteiger partial charge in [-0.2, -0.15) is 0 Å². The highest BCUT2D eigenvalue weighted by Crippen LogP contribution is 2.35. The van der Waals surface area contributed by atoms with Gasteiger partial charge in [-0.3, -0.25) is 14.5 Å². The molecule has 4 rings (SSSR count). The molecule has 10 heteroatoms. The average molecular weight is 550 g/mol. The third-order valence-electron chi connectivity index (χ3n) is 5.91. The van der Waals surface area contributed by atoms with Gasteiger partial charge in [-0.05, 0) is 61.0 Å². The van der Waals surface area contributed by atoms with Crippen LogP contribution in [0.5, 0.6) is 23.0 Å². The minimum atomic E-state index is -0.628. The number of hydrogen-bond acceptors (Lipinski definition) is 8. The lowest BCUT2D eigenvalue weighted by Gasteiger charge is -2.18. The summed E-state index contributed by atoms with van der Waals surface area (Å²) in [6.45, 7) is 2.68. The van der Waals surface area contributed by atoms with Crippen molar-refractivity contribution in [1.82, 2.24) is 4.90 Å². The van der Waals surface area contributed by atoms with Gasteiger partial charge in [0.25, 0.3) is 0 Å². The van der Waals surface area contributed by atoms with Crippen molar-refractivity contribution in [2.24, 2.45) is 4.99 Å². The van der Waals surface area contributed by atoms with E-state index in [2.05, 4.69) is 5.32 Å². The molecule has 1 heterocycles. The Morgan fingerprint density at radius 3 is 2.41 bits per heavy atom. The van der Waals surface area contributed by atoms with Gasteiger partial charge in [0.1, 0.15) is 16.7 Å². The van der Waals surface area contributed by atoms with E-state index in [1.807, 2.05) is 37.3 Å². The van der Waals surface area contributed by atoms with Gasteiger partial charge in [0.05, 0.1) is 40.2 Å². The molecule has 1 aliphatic rings. The van der Waals surface area contributed by atoms with Crippen molar-refractivity contribution in [1.29, 1.82) is 0 Å². The van der Waals surface area contributed by atoms with E-state index in [0.29, 0.717) is 46.1 Å². The summed E-state index contributed by atoms with van der Waals surface area (Å²) in [4.78, 5) is 32.8. The smallest absolute Gasteiger partial charge is 0.242 e. The van der Waals surface area contributed by atoms with Gasteiger partial charge in [0.2, 0.25) is 11.8 Å². The summed E-state index contributed by atoms with van der Waals surface area (Å²) < 4.78 is 21.5. The maximum atomic E-state index is 13.6. The zero-order chi connectivity index (χ0) is 27.8. The lowest BCUT2D eigenvalue weighted by atomic mass is 10.1. The van der Waals surface area contributed by atoms with Crippen LogP contribution < -0.4 is 24.3 Å². The van der Waals surface area contributed by atoms with Crippen LogP contribution in [0.4, 0.5) is 11.4 Å². The molecule has 1 aliphatic heterocycles. The van der Waals surface area contributed by atoms with Crippen molar-refractivity contribution >= 4 is 40.1 Å². The summed E-state index contributed by atoms with van der Waals surface area (Å²) >= 11 is 1.27. The van der Waals surface area contributed by atoms with E-state index in [4.69, 9.17) is 23.9 Å². The van der Waals surface area contributed by atoms with Crippen molar-refractivity contribution < 1.29 is 28.5 Å². The fourth-order valence-corrected chi connectivity index (χ4v) is 5.17. The highest BCUT2D eigenvalue weighted by atomic mass is 32.2. The number of thioether (sulfide) groups is 1.